The maximum atomic E-state index is 11.2. The zero-order valence-electron chi connectivity index (χ0n) is 12.5. The van der Waals surface area contributed by atoms with Crippen LogP contribution in [0, 0.1) is 5.92 Å². The highest BCUT2D eigenvalue weighted by Gasteiger charge is 2.20. The summed E-state index contributed by atoms with van der Waals surface area (Å²) in [5, 5.41) is 21.6. The van der Waals surface area contributed by atoms with Crippen LogP contribution in [0.4, 0.5) is 0 Å². The number of carbonyl (C=O) groups is 1. The number of phenols is 1. The monoisotopic (exact) mass is 279 g/mol. The second kappa shape index (κ2) is 7.90. The van der Waals surface area contributed by atoms with E-state index in [4.69, 9.17) is 0 Å². The first-order chi connectivity index (χ1) is 9.38. The quantitative estimate of drug-likeness (QED) is 0.684. The molecule has 0 bridgehead atoms. The van der Waals surface area contributed by atoms with E-state index < -0.39 is 12.0 Å². The summed E-state index contributed by atoms with van der Waals surface area (Å²) >= 11 is 0. The normalized spacial score (nSPS) is 14.2. The Kier molecular flexibility index (Phi) is 6.52. The van der Waals surface area contributed by atoms with Gasteiger partial charge in [-0.2, -0.15) is 0 Å². The Balaban J connectivity index is 2.43. The minimum Gasteiger partial charge on any atom is -0.508 e. The predicted molar refractivity (Wildman–Crippen MR) is 79.9 cm³/mol. The van der Waals surface area contributed by atoms with E-state index in [1.165, 1.54) is 0 Å². The Morgan fingerprint density at radius 2 is 1.80 bits per heavy atom. The third kappa shape index (κ3) is 6.06. The second-order valence-electron chi connectivity index (χ2n) is 5.79. The molecule has 0 radical (unpaired) electrons. The number of rotatable bonds is 8. The van der Waals surface area contributed by atoms with Gasteiger partial charge in [-0.3, -0.25) is 4.79 Å². The highest BCUT2D eigenvalue weighted by Crippen LogP contribution is 2.13. The van der Waals surface area contributed by atoms with Crippen LogP contribution in [-0.4, -0.2) is 28.3 Å². The molecule has 2 unspecified atom stereocenters. The van der Waals surface area contributed by atoms with Crippen molar-refractivity contribution in [3.8, 4) is 5.75 Å². The average molecular weight is 279 g/mol. The Morgan fingerprint density at radius 3 is 2.30 bits per heavy atom. The van der Waals surface area contributed by atoms with E-state index in [1.807, 2.05) is 32.9 Å². The number of hydrogen-bond acceptors (Lipinski definition) is 3. The molecule has 0 aliphatic carbocycles. The van der Waals surface area contributed by atoms with Gasteiger partial charge in [0.2, 0.25) is 0 Å². The molecule has 0 aliphatic heterocycles. The molecule has 112 valence electrons. The molecule has 0 amide bonds. The molecule has 1 rings (SSSR count). The van der Waals surface area contributed by atoms with Crippen molar-refractivity contribution in [2.75, 3.05) is 0 Å². The molecule has 1 aromatic rings. The van der Waals surface area contributed by atoms with E-state index in [9.17, 15) is 15.0 Å². The van der Waals surface area contributed by atoms with Gasteiger partial charge in [-0.25, -0.2) is 0 Å². The number of carboxylic acids is 1. The summed E-state index contributed by atoms with van der Waals surface area (Å²) in [6.07, 6.45) is 2.37. The second-order valence-corrected chi connectivity index (χ2v) is 5.79. The molecule has 0 heterocycles. The van der Waals surface area contributed by atoms with E-state index in [2.05, 4.69) is 5.32 Å². The van der Waals surface area contributed by atoms with Crippen LogP contribution >= 0.6 is 0 Å². The van der Waals surface area contributed by atoms with Crippen molar-refractivity contribution < 1.29 is 15.0 Å². The van der Waals surface area contributed by atoms with Crippen LogP contribution in [0.2, 0.25) is 0 Å². The van der Waals surface area contributed by atoms with Gasteiger partial charge in [-0.15, -0.1) is 0 Å². The maximum absolute atomic E-state index is 11.2. The summed E-state index contributed by atoms with van der Waals surface area (Å²) in [6, 6.07) is 6.79. The summed E-state index contributed by atoms with van der Waals surface area (Å²) in [4.78, 5) is 11.2. The summed E-state index contributed by atoms with van der Waals surface area (Å²) in [5.41, 5.74) is 1.15. The van der Waals surface area contributed by atoms with Gasteiger partial charge in [-0.05, 0) is 49.8 Å². The van der Waals surface area contributed by atoms with E-state index in [0.29, 0.717) is 12.3 Å². The molecule has 0 saturated heterocycles. The molecule has 4 heteroatoms. The van der Waals surface area contributed by atoms with Crippen molar-refractivity contribution in [2.45, 2.75) is 52.1 Å². The summed E-state index contributed by atoms with van der Waals surface area (Å²) in [5.74, 6) is -0.161. The molecule has 1 aromatic carbocycles. The SMILES string of the molecule is CC(C)CC(NC(C)CCc1ccc(O)cc1)C(=O)O. The number of aromatic hydroxyl groups is 1. The van der Waals surface area contributed by atoms with Crippen LogP contribution in [0.25, 0.3) is 0 Å². The van der Waals surface area contributed by atoms with Crippen LogP contribution in [0.15, 0.2) is 24.3 Å². The van der Waals surface area contributed by atoms with Crippen molar-refractivity contribution in [3.63, 3.8) is 0 Å². The standard InChI is InChI=1S/C16H25NO3/c1-11(2)10-15(16(19)20)17-12(3)4-5-13-6-8-14(18)9-7-13/h6-9,11-12,15,17-18H,4-5,10H2,1-3H3,(H,19,20). The van der Waals surface area contributed by atoms with Crippen LogP contribution in [0.3, 0.4) is 0 Å². The van der Waals surface area contributed by atoms with Crippen molar-refractivity contribution in [3.05, 3.63) is 29.8 Å². The molecule has 0 spiro atoms. The molecule has 3 N–H and O–H groups in total. The molecular formula is C16H25NO3. The lowest BCUT2D eigenvalue weighted by Gasteiger charge is -2.21. The molecular weight excluding hydrogens is 254 g/mol. The number of aliphatic carboxylic acids is 1. The third-order valence-corrected chi connectivity index (χ3v) is 3.29. The Labute approximate surface area is 120 Å². The fourth-order valence-corrected chi connectivity index (χ4v) is 2.18. The minimum absolute atomic E-state index is 0.142. The van der Waals surface area contributed by atoms with Gasteiger partial charge >= 0.3 is 5.97 Å². The van der Waals surface area contributed by atoms with E-state index >= 15 is 0 Å². The van der Waals surface area contributed by atoms with Crippen molar-refractivity contribution in [1.29, 1.82) is 0 Å². The molecule has 4 nitrogen and oxygen atoms in total. The maximum Gasteiger partial charge on any atom is 0.320 e. The van der Waals surface area contributed by atoms with Crippen LogP contribution < -0.4 is 5.32 Å². The van der Waals surface area contributed by atoms with Crippen LogP contribution in [-0.2, 0) is 11.2 Å². The Hall–Kier alpha value is -1.55. The first-order valence-corrected chi connectivity index (χ1v) is 7.15. The lowest BCUT2D eigenvalue weighted by atomic mass is 10.0. The van der Waals surface area contributed by atoms with Gasteiger partial charge in [0.25, 0.3) is 0 Å². The fourth-order valence-electron chi connectivity index (χ4n) is 2.18. The van der Waals surface area contributed by atoms with E-state index in [-0.39, 0.29) is 11.8 Å². The van der Waals surface area contributed by atoms with Gasteiger partial charge in [0, 0.05) is 6.04 Å². The largest absolute Gasteiger partial charge is 0.508 e. The van der Waals surface area contributed by atoms with Crippen molar-refractivity contribution in [2.24, 2.45) is 5.92 Å². The smallest absolute Gasteiger partial charge is 0.320 e. The van der Waals surface area contributed by atoms with Gasteiger partial charge < -0.3 is 15.5 Å². The van der Waals surface area contributed by atoms with Gasteiger partial charge in [-0.1, -0.05) is 26.0 Å². The minimum atomic E-state index is -0.782. The van der Waals surface area contributed by atoms with Gasteiger partial charge in [0.15, 0.2) is 0 Å². The third-order valence-electron chi connectivity index (χ3n) is 3.29. The lowest BCUT2D eigenvalue weighted by molar-refractivity contribution is -0.140. The number of hydrogen-bond donors (Lipinski definition) is 3. The lowest BCUT2D eigenvalue weighted by Crippen LogP contribution is -2.43. The average Bonchev–Trinajstić information content (AvgIpc) is 2.36. The number of nitrogens with one attached hydrogen (secondary N) is 1. The van der Waals surface area contributed by atoms with Gasteiger partial charge in [0.1, 0.15) is 11.8 Å². The Bertz CT molecular complexity index is 414. The zero-order valence-corrected chi connectivity index (χ0v) is 12.5. The van der Waals surface area contributed by atoms with E-state index in [0.717, 1.165) is 18.4 Å². The molecule has 0 fully saturated rings. The molecule has 20 heavy (non-hydrogen) atoms. The summed E-state index contributed by atoms with van der Waals surface area (Å²) in [6.45, 7) is 6.06. The van der Waals surface area contributed by atoms with E-state index in [1.54, 1.807) is 12.1 Å². The van der Waals surface area contributed by atoms with Crippen LogP contribution in [0.1, 0.15) is 39.2 Å². The fraction of sp³-hybridized carbons (Fsp3) is 0.562. The number of benzene rings is 1. The van der Waals surface area contributed by atoms with Crippen molar-refractivity contribution >= 4 is 5.97 Å². The highest BCUT2D eigenvalue weighted by molar-refractivity contribution is 5.73. The summed E-state index contributed by atoms with van der Waals surface area (Å²) < 4.78 is 0. The first-order valence-electron chi connectivity index (χ1n) is 7.15. The first kappa shape index (κ1) is 16.5. The number of carboxylic acid groups (broad SMARTS) is 1. The molecule has 0 aliphatic rings. The molecule has 0 aromatic heterocycles. The molecule has 2 atom stereocenters. The van der Waals surface area contributed by atoms with Crippen molar-refractivity contribution in [1.82, 2.24) is 5.32 Å². The predicted octanol–water partition coefficient (Wildman–Crippen LogP) is 2.80. The zero-order chi connectivity index (χ0) is 15.1. The highest BCUT2D eigenvalue weighted by atomic mass is 16.4. The number of aryl methyl sites for hydroxylation is 1. The topological polar surface area (TPSA) is 69.6 Å². The van der Waals surface area contributed by atoms with Crippen LogP contribution in [0.5, 0.6) is 5.75 Å². The number of phenolic OH excluding ortho intramolecular Hbond substituents is 1. The molecule has 0 saturated carbocycles. The van der Waals surface area contributed by atoms with Gasteiger partial charge in [0.05, 0.1) is 0 Å². The Morgan fingerprint density at radius 1 is 1.20 bits per heavy atom. The summed E-state index contributed by atoms with van der Waals surface area (Å²) in [7, 11) is 0.